The Labute approximate surface area is 176 Å². The minimum atomic E-state index is -0.234. The van der Waals surface area contributed by atoms with Crippen molar-refractivity contribution in [1.82, 2.24) is 4.98 Å². The van der Waals surface area contributed by atoms with Crippen LogP contribution in [-0.4, -0.2) is 18.1 Å². The molecule has 30 heavy (non-hydrogen) atoms. The lowest BCUT2D eigenvalue weighted by Gasteiger charge is -2.15. The van der Waals surface area contributed by atoms with Crippen LogP contribution < -0.4 is 0 Å². The summed E-state index contributed by atoms with van der Waals surface area (Å²) in [5.74, 6) is 0.0994. The molecule has 0 amide bonds. The van der Waals surface area contributed by atoms with Crippen molar-refractivity contribution < 1.29 is 13.9 Å². The average molecular weight is 403 g/mol. The first-order valence-corrected chi connectivity index (χ1v) is 10.6. The highest BCUT2D eigenvalue weighted by atomic mass is 19.1. The second kappa shape index (κ2) is 9.21. The van der Waals surface area contributed by atoms with E-state index in [-0.39, 0.29) is 11.8 Å². The van der Waals surface area contributed by atoms with E-state index in [2.05, 4.69) is 24.3 Å². The number of hydrogen-bond acceptors (Lipinski definition) is 3. The summed E-state index contributed by atoms with van der Waals surface area (Å²) in [5, 5.41) is 1.08. The van der Waals surface area contributed by atoms with Crippen molar-refractivity contribution in [2.75, 3.05) is 7.11 Å². The largest absolute Gasteiger partial charge is 0.469 e. The van der Waals surface area contributed by atoms with Crippen LogP contribution in [0.4, 0.5) is 4.39 Å². The molecular formula is C26H26FNO2. The zero-order valence-electron chi connectivity index (χ0n) is 17.2. The summed E-state index contributed by atoms with van der Waals surface area (Å²) in [5.41, 5.74) is 5.37. The Kier molecular flexibility index (Phi) is 6.22. The van der Waals surface area contributed by atoms with Crippen LogP contribution in [0.1, 0.15) is 55.7 Å². The number of unbranched alkanes of at least 4 members (excludes halogenated alkanes) is 2. The number of esters is 1. The van der Waals surface area contributed by atoms with Gasteiger partial charge >= 0.3 is 5.97 Å². The highest BCUT2D eigenvalue weighted by molar-refractivity contribution is 5.99. The monoisotopic (exact) mass is 403 g/mol. The lowest BCUT2D eigenvalue weighted by atomic mass is 9.92. The van der Waals surface area contributed by atoms with Gasteiger partial charge in [0.1, 0.15) is 5.82 Å². The van der Waals surface area contributed by atoms with Gasteiger partial charge in [-0.15, -0.1) is 0 Å². The van der Waals surface area contributed by atoms with Crippen LogP contribution in [0.3, 0.4) is 0 Å². The maximum Gasteiger partial charge on any atom is 0.305 e. The predicted molar refractivity (Wildman–Crippen MR) is 119 cm³/mol. The van der Waals surface area contributed by atoms with Crippen LogP contribution in [-0.2, 0) is 9.53 Å². The molecule has 4 heteroatoms. The number of methoxy groups -OCH3 is 1. The number of para-hydroxylation sites is 1. The molecule has 1 aliphatic carbocycles. The third-order valence-electron chi connectivity index (χ3n) is 5.57. The molecule has 3 aromatic rings. The number of nitrogens with zero attached hydrogens (tertiary/aromatic N) is 1. The number of carbonyl (C=O) groups is 1. The average Bonchev–Trinajstić information content (AvgIpc) is 3.61. The summed E-state index contributed by atoms with van der Waals surface area (Å²) < 4.78 is 18.3. The van der Waals surface area contributed by atoms with Crippen molar-refractivity contribution in [2.45, 2.75) is 44.4 Å². The van der Waals surface area contributed by atoms with E-state index in [1.807, 2.05) is 24.3 Å². The van der Waals surface area contributed by atoms with Gasteiger partial charge in [0.05, 0.1) is 18.3 Å². The number of halogens is 1. The number of benzene rings is 2. The maximum absolute atomic E-state index is 13.6. The Balaban J connectivity index is 1.70. The molecule has 0 aliphatic heterocycles. The summed E-state index contributed by atoms with van der Waals surface area (Å²) in [6.07, 6.45) is 9.74. The van der Waals surface area contributed by atoms with Crippen molar-refractivity contribution in [1.29, 1.82) is 0 Å². The van der Waals surface area contributed by atoms with Gasteiger partial charge in [-0.1, -0.05) is 42.5 Å². The predicted octanol–water partition coefficient (Wildman–Crippen LogP) is 6.66. The fourth-order valence-corrected chi connectivity index (χ4v) is 3.84. The molecule has 2 aromatic carbocycles. The smallest absolute Gasteiger partial charge is 0.305 e. The van der Waals surface area contributed by atoms with E-state index in [4.69, 9.17) is 9.72 Å². The molecule has 154 valence electrons. The fraction of sp³-hybridized carbons (Fsp3) is 0.308. The number of carbonyl (C=O) groups excluding carboxylic acids is 1. The van der Waals surface area contributed by atoms with Crippen molar-refractivity contribution >= 4 is 22.9 Å². The lowest BCUT2D eigenvalue weighted by molar-refractivity contribution is -0.140. The van der Waals surface area contributed by atoms with Crippen LogP contribution >= 0.6 is 0 Å². The number of pyridine rings is 1. The van der Waals surface area contributed by atoms with E-state index in [1.165, 1.54) is 19.2 Å². The highest BCUT2D eigenvalue weighted by Crippen LogP contribution is 2.45. The summed E-state index contributed by atoms with van der Waals surface area (Å²) in [6.45, 7) is 0. The number of ether oxygens (including phenoxy) is 1. The van der Waals surface area contributed by atoms with Gasteiger partial charge in [0.25, 0.3) is 0 Å². The number of rotatable bonds is 8. The molecule has 1 aromatic heterocycles. The van der Waals surface area contributed by atoms with Crippen LogP contribution in [0, 0.1) is 5.82 Å². The second-order valence-electron chi connectivity index (χ2n) is 7.81. The van der Waals surface area contributed by atoms with Crippen LogP contribution in [0.2, 0.25) is 0 Å². The van der Waals surface area contributed by atoms with E-state index < -0.39 is 0 Å². The lowest BCUT2D eigenvalue weighted by Crippen LogP contribution is -1.99. The van der Waals surface area contributed by atoms with Crippen LogP contribution in [0.5, 0.6) is 0 Å². The van der Waals surface area contributed by atoms with E-state index in [0.29, 0.717) is 12.3 Å². The standard InChI is InChI=1S/C26H26FNO2/c1-30-24(29)11-5-3-2-4-9-22-25(18-14-16-20(27)17-15-18)21-8-6-7-10-23(21)28-26(22)19-12-13-19/h4,6-10,14-17,19H,2-3,5,11-13H2,1H3/b9-4+. The first-order valence-electron chi connectivity index (χ1n) is 10.6. The number of hydrogen-bond donors (Lipinski definition) is 0. The van der Waals surface area contributed by atoms with Gasteiger partial charge in [-0.2, -0.15) is 0 Å². The normalized spacial score (nSPS) is 13.8. The number of aromatic nitrogens is 1. The molecule has 0 saturated heterocycles. The van der Waals surface area contributed by atoms with Gasteiger partial charge in [0.15, 0.2) is 0 Å². The summed E-state index contributed by atoms with van der Waals surface area (Å²) in [4.78, 5) is 16.3. The van der Waals surface area contributed by atoms with Crippen LogP contribution in [0.15, 0.2) is 54.6 Å². The van der Waals surface area contributed by atoms with Gasteiger partial charge in [-0.05, 0) is 55.9 Å². The molecule has 0 bridgehead atoms. The zero-order valence-corrected chi connectivity index (χ0v) is 17.2. The Morgan fingerprint density at radius 3 is 2.63 bits per heavy atom. The Hall–Kier alpha value is -3.01. The van der Waals surface area contributed by atoms with Gasteiger partial charge in [0.2, 0.25) is 0 Å². The quantitative estimate of drug-likeness (QED) is 0.312. The minimum absolute atomic E-state index is 0.160. The van der Waals surface area contributed by atoms with Crippen LogP contribution in [0.25, 0.3) is 28.1 Å². The van der Waals surface area contributed by atoms with E-state index >= 15 is 0 Å². The molecule has 0 radical (unpaired) electrons. The molecule has 1 fully saturated rings. The van der Waals surface area contributed by atoms with Crippen molar-refractivity contribution in [3.63, 3.8) is 0 Å². The van der Waals surface area contributed by atoms with E-state index in [1.54, 1.807) is 0 Å². The summed E-state index contributed by atoms with van der Waals surface area (Å²) >= 11 is 0. The second-order valence-corrected chi connectivity index (χ2v) is 7.81. The van der Waals surface area contributed by atoms with Gasteiger partial charge in [-0.25, -0.2) is 4.39 Å². The molecule has 0 atom stereocenters. The van der Waals surface area contributed by atoms with Gasteiger partial charge in [-0.3, -0.25) is 9.78 Å². The van der Waals surface area contributed by atoms with Crippen molar-refractivity contribution in [3.8, 4) is 11.1 Å². The van der Waals surface area contributed by atoms with Gasteiger partial charge in [0, 0.05) is 28.9 Å². The summed E-state index contributed by atoms with van der Waals surface area (Å²) in [6, 6.07) is 14.9. The highest BCUT2D eigenvalue weighted by Gasteiger charge is 2.29. The Morgan fingerprint density at radius 1 is 1.13 bits per heavy atom. The molecule has 1 heterocycles. The van der Waals surface area contributed by atoms with E-state index in [0.717, 1.165) is 65.4 Å². The molecule has 3 nitrogen and oxygen atoms in total. The Morgan fingerprint density at radius 2 is 1.90 bits per heavy atom. The number of allylic oxidation sites excluding steroid dienone is 1. The van der Waals surface area contributed by atoms with Crippen molar-refractivity contribution in [2.24, 2.45) is 0 Å². The molecular weight excluding hydrogens is 377 g/mol. The third-order valence-corrected chi connectivity index (χ3v) is 5.57. The maximum atomic E-state index is 13.6. The van der Waals surface area contributed by atoms with E-state index in [9.17, 15) is 9.18 Å². The minimum Gasteiger partial charge on any atom is -0.469 e. The molecule has 1 aliphatic rings. The molecule has 0 N–H and O–H groups in total. The Bertz CT molecular complexity index is 1070. The number of fused-ring (bicyclic) bond motifs is 1. The summed E-state index contributed by atoms with van der Waals surface area (Å²) in [7, 11) is 1.42. The first-order chi connectivity index (χ1) is 14.7. The fourth-order valence-electron chi connectivity index (χ4n) is 3.84. The SMILES string of the molecule is COC(=O)CCCC/C=C/c1c(C2CC2)nc2ccccc2c1-c1ccc(F)cc1. The molecule has 4 rings (SSSR count). The van der Waals surface area contributed by atoms with Crippen molar-refractivity contribution in [3.05, 3.63) is 71.7 Å². The van der Waals surface area contributed by atoms with Gasteiger partial charge < -0.3 is 4.74 Å². The molecule has 0 spiro atoms. The molecule has 1 saturated carbocycles. The molecule has 0 unspecified atom stereocenters. The third kappa shape index (κ3) is 4.59. The first kappa shape index (κ1) is 20.3. The zero-order chi connectivity index (χ0) is 20.9. The topological polar surface area (TPSA) is 39.2 Å².